The topological polar surface area (TPSA) is 86.0 Å². The summed E-state index contributed by atoms with van der Waals surface area (Å²) in [6, 6.07) is 9.91. The standard InChI is InChI=1S/C25H22F3N3O4S/c26-25(27,28)20-9-18(3-1-15(20)10-29)31-23(33)8-16-12-34-13-21(16)30(24(31)36)17-4-6-22-14(7-17)2-5-19(11-32)35-22/h1,3-4,6-7,9,16,19,21,32H,2,5,8,11-13H2/t16?,19-,21?/m1/s1. The molecule has 0 bridgehead atoms. The van der Waals surface area contributed by atoms with E-state index in [0.717, 1.165) is 22.6 Å². The van der Waals surface area contributed by atoms with Crippen LogP contribution in [0.1, 0.15) is 29.5 Å². The normalized spacial score (nSPS) is 24.0. The molecule has 188 valence electrons. The zero-order valence-corrected chi connectivity index (χ0v) is 19.8. The Balaban J connectivity index is 1.57. The average molecular weight is 518 g/mol. The maximum atomic E-state index is 13.7. The number of nitriles is 1. The van der Waals surface area contributed by atoms with Crippen molar-refractivity contribution >= 4 is 34.6 Å². The van der Waals surface area contributed by atoms with Crippen molar-refractivity contribution in [2.45, 2.75) is 37.6 Å². The van der Waals surface area contributed by atoms with E-state index in [1.807, 2.05) is 6.07 Å². The van der Waals surface area contributed by atoms with E-state index < -0.39 is 23.2 Å². The van der Waals surface area contributed by atoms with E-state index in [-0.39, 0.29) is 41.9 Å². The van der Waals surface area contributed by atoms with Crippen molar-refractivity contribution in [3.8, 4) is 11.8 Å². The zero-order valence-electron chi connectivity index (χ0n) is 19.0. The van der Waals surface area contributed by atoms with Crippen LogP contribution in [0.15, 0.2) is 36.4 Å². The van der Waals surface area contributed by atoms with Crippen molar-refractivity contribution in [2.24, 2.45) is 5.92 Å². The van der Waals surface area contributed by atoms with E-state index >= 15 is 0 Å². The molecule has 0 aliphatic carbocycles. The number of carbonyl (C=O) groups is 1. The number of hydrogen-bond donors (Lipinski definition) is 1. The molecule has 0 aromatic heterocycles. The van der Waals surface area contributed by atoms with Crippen molar-refractivity contribution in [3.63, 3.8) is 0 Å². The summed E-state index contributed by atoms with van der Waals surface area (Å²) < 4.78 is 52.4. The first-order chi connectivity index (χ1) is 17.2. The van der Waals surface area contributed by atoms with Gasteiger partial charge in [-0.15, -0.1) is 0 Å². The number of amides is 1. The summed E-state index contributed by atoms with van der Waals surface area (Å²) in [5.41, 5.74) is -0.112. The first kappa shape index (κ1) is 24.5. The minimum absolute atomic E-state index is 0.0424. The highest BCUT2D eigenvalue weighted by Crippen LogP contribution is 2.39. The number of aliphatic hydroxyl groups excluding tert-OH is 1. The van der Waals surface area contributed by atoms with Crippen LogP contribution < -0.4 is 14.5 Å². The second kappa shape index (κ2) is 9.35. The van der Waals surface area contributed by atoms with Crippen LogP contribution in [0.25, 0.3) is 0 Å². The van der Waals surface area contributed by atoms with Crippen molar-refractivity contribution in [2.75, 3.05) is 29.6 Å². The fourth-order valence-corrected chi connectivity index (χ4v) is 5.46. The number of hydrogen-bond acceptors (Lipinski definition) is 6. The van der Waals surface area contributed by atoms with Gasteiger partial charge in [-0.05, 0) is 67.0 Å². The minimum atomic E-state index is -4.77. The molecule has 7 nitrogen and oxygen atoms in total. The van der Waals surface area contributed by atoms with E-state index in [9.17, 15) is 23.1 Å². The molecule has 2 aromatic carbocycles. The van der Waals surface area contributed by atoms with Gasteiger partial charge in [0.1, 0.15) is 11.9 Å². The summed E-state index contributed by atoms with van der Waals surface area (Å²) in [6.07, 6.45) is -3.68. The maximum absolute atomic E-state index is 13.7. The van der Waals surface area contributed by atoms with Crippen molar-refractivity contribution in [3.05, 3.63) is 53.1 Å². The lowest BCUT2D eigenvalue weighted by Gasteiger charge is -2.35. The van der Waals surface area contributed by atoms with E-state index in [0.29, 0.717) is 37.5 Å². The van der Waals surface area contributed by atoms with Gasteiger partial charge in [-0.2, -0.15) is 18.4 Å². The largest absolute Gasteiger partial charge is 0.488 e. The molecule has 2 saturated heterocycles. The van der Waals surface area contributed by atoms with E-state index in [1.165, 1.54) is 6.07 Å². The first-order valence-corrected chi connectivity index (χ1v) is 11.9. The minimum Gasteiger partial charge on any atom is -0.488 e. The fraction of sp³-hybridized carbons (Fsp3) is 0.400. The molecule has 0 spiro atoms. The molecule has 2 fully saturated rings. The van der Waals surface area contributed by atoms with Crippen LogP contribution in [0.5, 0.6) is 5.75 Å². The Labute approximate surface area is 210 Å². The van der Waals surface area contributed by atoms with E-state index in [2.05, 4.69) is 0 Å². The molecule has 3 atom stereocenters. The number of halogens is 3. The van der Waals surface area contributed by atoms with E-state index in [1.54, 1.807) is 23.1 Å². The lowest BCUT2D eigenvalue weighted by atomic mass is 9.97. The van der Waals surface area contributed by atoms with Crippen molar-refractivity contribution in [1.29, 1.82) is 5.26 Å². The third-order valence-corrected chi connectivity index (χ3v) is 7.20. The average Bonchev–Trinajstić information content (AvgIpc) is 3.26. The Morgan fingerprint density at radius 3 is 2.67 bits per heavy atom. The molecule has 0 saturated carbocycles. The van der Waals surface area contributed by atoms with Gasteiger partial charge in [0.2, 0.25) is 5.91 Å². The van der Waals surface area contributed by atoms with E-state index in [4.69, 9.17) is 27.0 Å². The van der Waals surface area contributed by atoms with Crippen LogP contribution >= 0.6 is 12.2 Å². The predicted molar refractivity (Wildman–Crippen MR) is 128 cm³/mol. The summed E-state index contributed by atoms with van der Waals surface area (Å²) >= 11 is 5.76. The second-order valence-corrected chi connectivity index (χ2v) is 9.41. The quantitative estimate of drug-likeness (QED) is 0.620. The molecule has 1 N–H and O–H groups in total. The van der Waals surface area contributed by atoms with Gasteiger partial charge in [-0.25, -0.2) is 0 Å². The van der Waals surface area contributed by atoms with Gasteiger partial charge in [0.15, 0.2) is 5.11 Å². The summed E-state index contributed by atoms with van der Waals surface area (Å²) in [5.74, 6) is 0.0127. The third-order valence-electron chi connectivity index (χ3n) is 6.82. The highest BCUT2D eigenvalue weighted by atomic mass is 32.1. The van der Waals surface area contributed by atoms with Crippen LogP contribution in [0.2, 0.25) is 0 Å². The van der Waals surface area contributed by atoms with Gasteiger partial charge in [0.25, 0.3) is 0 Å². The Hall–Kier alpha value is -3.20. The van der Waals surface area contributed by atoms with Crippen LogP contribution in [-0.4, -0.2) is 48.1 Å². The number of fused-ring (bicyclic) bond motifs is 2. The molecule has 2 aromatic rings. The Morgan fingerprint density at radius 2 is 1.94 bits per heavy atom. The fourth-order valence-electron chi connectivity index (χ4n) is 5.01. The van der Waals surface area contributed by atoms with Gasteiger partial charge < -0.3 is 19.5 Å². The first-order valence-electron chi connectivity index (χ1n) is 11.5. The van der Waals surface area contributed by atoms with Crippen molar-refractivity contribution < 1.29 is 32.5 Å². The maximum Gasteiger partial charge on any atom is 0.417 e. The van der Waals surface area contributed by atoms with Gasteiger partial charge in [-0.3, -0.25) is 9.69 Å². The molecule has 3 heterocycles. The summed E-state index contributed by atoms with van der Waals surface area (Å²) in [4.78, 5) is 16.2. The highest BCUT2D eigenvalue weighted by Gasteiger charge is 2.44. The number of carbonyl (C=O) groups excluding carboxylic acids is 1. The highest BCUT2D eigenvalue weighted by molar-refractivity contribution is 7.81. The predicted octanol–water partition coefficient (Wildman–Crippen LogP) is 3.81. The number of aryl methyl sites for hydroxylation is 1. The Morgan fingerprint density at radius 1 is 1.17 bits per heavy atom. The van der Waals surface area contributed by atoms with Crippen LogP contribution in [0, 0.1) is 17.2 Å². The Bertz CT molecular complexity index is 1260. The number of anilines is 2. The summed E-state index contributed by atoms with van der Waals surface area (Å²) in [5, 5.41) is 18.6. The monoisotopic (exact) mass is 517 g/mol. The molecule has 1 amide bonds. The lowest BCUT2D eigenvalue weighted by molar-refractivity contribution is -0.137. The molecule has 5 rings (SSSR count). The molecule has 36 heavy (non-hydrogen) atoms. The lowest BCUT2D eigenvalue weighted by Crippen LogP contribution is -2.49. The van der Waals surface area contributed by atoms with Gasteiger partial charge in [0.05, 0.1) is 48.7 Å². The van der Waals surface area contributed by atoms with Crippen LogP contribution in [0.4, 0.5) is 24.5 Å². The molecule has 0 radical (unpaired) electrons. The molecule has 3 aliphatic rings. The third kappa shape index (κ3) is 4.30. The van der Waals surface area contributed by atoms with Gasteiger partial charge in [-0.1, -0.05) is 0 Å². The number of alkyl halides is 3. The number of nitrogens with zero attached hydrogens (tertiary/aromatic N) is 3. The van der Waals surface area contributed by atoms with Crippen LogP contribution in [-0.2, 0) is 22.1 Å². The second-order valence-electron chi connectivity index (χ2n) is 9.04. The molecular formula is C25H22F3N3O4S. The number of aliphatic hydroxyl groups is 1. The number of thiocarbonyl (C=S) groups is 1. The zero-order chi connectivity index (χ0) is 25.6. The van der Waals surface area contributed by atoms with Gasteiger partial charge >= 0.3 is 6.18 Å². The number of benzene rings is 2. The van der Waals surface area contributed by atoms with Crippen molar-refractivity contribution in [1.82, 2.24) is 0 Å². The smallest absolute Gasteiger partial charge is 0.417 e. The summed E-state index contributed by atoms with van der Waals surface area (Å²) in [6.45, 7) is 0.560. The number of rotatable bonds is 3. The summed E-state index contributed by atoms with van der Waals surface area (Å²) in [7, 11) is 0. The molecule has 3 aliphatic heterocycles. The SMILES string of the molecule is N#Cc1ccc(N2C(=O)CC3COCC3N(c3ccc4c(c3)CC[C@H](CO)O4)C2=S)cc1C(F)(F)F. The number of ether oxygens (including phenoxy) is 2. The molecular weight excluding hydrogens is 495 g/mol. The van der Waals surface area contributed by atoms with Crippen LogP contribution in [0.3, 0.4) is 0 Å². The Kier molecular flexibility index (Phi) is 6.36. The molecule has 2 unspecified atom stereocenters. The molecule has 11 heteroatoms. The van der Waals surface area contributed by atoms with Gasteiger partial charge in [0, 0.05) is 18.0 Å².